The second-order valence-corrected chi connectivity index (χ2v) is 5.46. The van der Waals surface area contributed by atoms with Gasteiger partial charge in [0.05, 0.1) is 14.6 Å². The summed E-state index contributed by atoms with van der Waals surface area (Å²) in [6.07, 6.45) is 0.864. The van der Waals surface area contributed by atoms with Gasteiger partial charge in [0.25, 0.3) is 0 Å². The number of benzene rings is 1. The molecule has 1 N–H and O–H groups in total. The SMILES string of the molecule is CCOCCCn1c(=S)[nH]c2cc(I)c(F)cc21. The van der Waals surface area contributed by atoms with Gasteiger partial charge < -0.3 is 14.3 Å². The van der Waals surface area contributed by atoms with Crippen molar-refractivity contribution < 1.29 is 9.13 Å². The molecule has 0 amide bonds. The van der Waals surface area contributed by atoms with Gasteiger partial charge >= 0.3 is 0 Å². The van der Waals surface area contributed by atoms with E-state index in [-0.39, 0.29) is 5.82 Å². The third kappa shape index (κ3) is 2.92. The number of imidazole rings is 1. The van der Waals surface area contributed by atoms with Crippen molar-refractivity contribution in [2.45, 2.75) is 19.9 Å². The van der Waals surface area contributed by atoms with Gasteiger partial charge in [-0.15, -0.1) is 0 Å². The average Bonchev–Trinajstić information content (AvgIpc) is 2.62. The van der Waals surface area contributed by atoms with Crippen LogP contribution in [0, 0.1) is 14.2 Å². The fourth-order valence-corrected chi connectivity index (χ4v) is 2.61. The van der Waals surface area contributed by atoms with Gasteiger partial charge in [-0.2, -0.15) is 0 Å². The Bertz CT molecular complexity index is 608. The van der Waals surface area contributed by atoms with Crippen LogP contribution in [0.3, 0.4) is 0 Å². The van der Waals surface area contributed by atoms with E-state index in [9.17, 15) is 4.39 Å². The maximum absolute atomic E-state index is 13.6. The summed E-state index contributed by atoms with van der Waals surface area (Å²) in [5.74, 6) is -0.212. The number of halogens is 2. The Labute approximate surface area is 123 Å². The average molecular weight is 380 g/mol. The summed E-state index contributed by atoms with van der Waals surface area (Å²) in [6, 6.07) is 3.31. The first-order valence-corrected chi connectivity index (χ1v) is 7.27. The van der Waals surface area contributed by atoms with E-state index in [2.05, 4.69) is 4.98 Å². The zero-order valence-corrected chi connectivity index (χ0v) is 13.0. The quantitative estimate of drug-likeness (QED) is 0.485. The molecule has 3 nitrogen and oxygen atoms in total. The van der Waals surface area contributed by atoms with E-state index in [1.165, 1.54) is 6.07 Å². The predicted octanol–water partition coefficient (Wildman–Crippen LogP) is 3.87. The molecule has 98 valence electrons. The molecule has 6 heteroatoms. The predicted molar refractivity (Wildman–Crippen MR) is 80.9 cm³/mol. The number of H-pyrrole nitrogens is 1. The van der Waals surface area contributed by atoms with Gasteiger partial charge in [0.2, 0.25) is 0 Å². The minimum atomic E-state index is -0.212. The largest absolute Gasteiger partial charge is 0.382 e. The van der Waals surface area contributed by atoms with Gasteiger partial charge in [-0.25, -0.2) is 4.39 Å². The van der Waals surface area contributed by atoms with Gasteiger partial charge in [0, 0.05) is 25.8 Å². The molecule has 0 fully saturated rings. The molecule has 0 atom stereocenters. The maximum atomic E-state index is 13.6. The molecule has 2 aromatic rings. The van der Waals surface area contributed by atoms with Crippen LogP contribution in [0.1, 0.15) is 13.3 Å². The van der Waals surface area contributed by atoms with Crippen molar-refractivity contribution in [1.82, 2.24) is 9.55 Å². The fraction of sp³-hybridized carbons (Fsp3) is 0.417. The molecule has 0 unspecified atom stereocenters. The van der Waals surface area contributed by atoms with Crippen molar-refractivity contribution in [2.75, 3.05) is 13.2 Å². The molecule has 2 rings (SSSR count). The topological polar surface area (TPSA) is 29.9 Å². The molecule has 0 bridgehead atoms. The van der Waals surface area contributed by atoms with Crippen LogP contribution in [-0.4, -0.2) is 22.8 Å². The molecular weight excluding hydrogens is 366 g/mol. The number of hydrogen-bond acceptors (Lipinski definition) is 2. The van der Waals surface area contributed by atoms with Crippen LogP contribution in [0.2, 0.25) is 0 Å². The summed E-state index contributed by atoms with van der Waals surface area (Å²) < 4.78 is 22.0. The van der Waals surface area contributed by atoms with Gasteiger partial charge in [0.1, 0.15) is 5.82 Å². The zero-order chi connectivity index (χ0) is 13.1. The number of nitrogens with zero attached hydrogens (tertiary/aromatic N) is 1. The van der Waals surface area contributed by atoms with Crippen LogP contribution < -0.4 is 0 Å². The number of rotatable bonds is 5. The number of aromatic amines is 1. The van der Waals surface area contributed by atoms with Gasteiger partial charge in [-0.05, 0) is 54.2 Å². The molecular formula is C12H14FIN2OS. The van der Waals surface area contributed by atoms with E-state index >= 15 is 0 Å². The lowest BCUT2D eigenvalue weighted by Crippen LogP contribution is -2.03. The lowest BCUT2D eigenvalue weighted by molar-refractivity contribution is 0.142. The van der Waals surface area contributed by atoms with Crippen molar-refractivity contribution in [2.24, 2.45) is 0 Å². The number of ether oxygens (including phenoxy) is 1. The molecule has 0 aliphatic heterocycles. The highest BCUT2D eigenvalue weighted by Crippen LogP contribution is 2.20. The number of hydrogen-bond donors (Lipinski definition) is 1. The first-order chi connectivity index (χ1) is 8.63. The summed E-state index contributed by atoms with van der Waals surface area (Å²) in [5, 5.41) is 0. The molecule has 0 aliphatic carbocycles. The fourth-order valence-electron chi connectivity index (χ4n) is 1.84. The normalized spacial score (nSPS) is 11.3. The monoisotopic (exact) mass is 380 g/mol. The lowest BCUT2D eigenvalue weighted by atomic mass is 10.3. The first-order valence-electron chi connectivity index (χ1n) is 5.78. The maximum Gasteiger partial charge on any atom is 0.178 e. The second kappa shape index (κ2) is 6.12. The summed E-state index contributed by atoms with van der Waals surface area (Å²) >= 11 is 7.23. The Morgan fingerprint density at radius 2 is 2.28 bits per heavy atom. The minimum absolute atomic E-state index is 0.212. The smallest absolute Gasteiger partial charge is 0.178 e. The molecule has 1 heterocycles. The van der Waals surface area contributed by atoms with Crippen LogP contribution in [0.15, 0.2) is 12.1 Å². The Balaban J connectivity index is 2.29. The molecule has 0 saturated heterocycles. The summed E-state index contributed by atoms with van der Waals surface area (Å²) in [7, 11) is 0. The molecule has 18 heavy (non-hydrogen) atoms. The van der Waals surface area contributed by atoms with E-state index in [0.29, 0.717) is 21.6 Å². The zero-order valence-electron chi connectivity index (χ0n) is 10.0. The van der Waals surface area contributed by atoms with E-state index in [1.54, 1.807) is 6.07 Å². The van der Waals surface area contributed by atoms with Crippen LogP contribution in [0.5, 0.6) is 0 Å². The number of nitrogens with one attached hydrogen (secondary N) is 1. The highest BCUT2D eigenvalue weighted by molar-refractivity contribution is 14.1. The molecule has 0 radical (unpaired) electrons. The first kappa shape index (κ1) is 14.0. The Kier molecular flexibility index (Phi) is 4.74. The highest BCUT2D eigenvalue weighted by atomic mass is 127. The third-order valence-corrected chi connectivity index (χ3v) is 3.84. The van der Waals surface area contributed by atoms with Gasteiger partial charge in [-0.3, -0.25) is 0 Å². The van der Waals surface area contributed by atoms with Crippen LogP contribution in [-0.2, 0) is 11.3 Å². The van der Waals surface area contributed by atoms with Gasteiger partial charge in [-0.1, -0.05) is 0 Å². The Morgan fingerprint density at radius 1 is 1.50 bits per heavy atom. The highest BCUT2D eigenvalue weighted by Gasteiger charge is 2.08. The van der Waals surface area contributed by atoms with Crippen molar-refractivity contribution in [3.05, 3.63) is 26.3 Å². The van der Waals surface area contributed by atoms with Crippen molar-refractivity contribution in [3.63, 3.8) is 0 Å². The molecule has 0 spiro atoms. The summed E-state index contributed by atoms with van der Waals surface area (Å²) in [6.45, 7) is 4.11. The minimum Gasteiger partial charge on any atom is -0.382 e. The Hall–Kier alpha value is -0.470. The molecule has 0 saturated carbocycles. The van der Waals surface area contributed by atoms with E-state index in [0.717, 1.165) is 24.0 Å². The van der Waals surface area contributed by atoms with E-state index in [4.69, 9.17) is 17.0 Å². The van der Waals surface area contributed by atoms with Crippen molar-refractivity contribution in [1.29, 1.82) is 0 Å². The van der Waals surface area contributed by atoms with Crippen LogP contribution in [0.4, 0.5) is 4.39 Å². The number of aromatic nitrogens is 2. The van der Waals surface area contributed by atoms with E-state index in [1.807, 2.05) is 34.1 Å². The summed E-state index contributed by atoms with van der Waals surface area (Å²) in [4.78, 5) is 3.10. The molecule has 0 aliphatic rings. The van der Waals surface area contributed by atoms with Crippen LogP contribution >= 0.6 is 34.8 Å². The lowest BCUT2D eigenvalue weighted by Gasteiger charge is -2.05. The molecule has 1 aromatic carbocycles. The van der Waals surface area contributed by atoms with E-state index < -0.39 is 0 Å². The van der Waals surface area contributed by atoms with Crippen LogP contribution in [0.25, 0.3) is 11.0 Å². The summed E-state index contributed by atoms with van der Waals surface area (Å²) in [5.41, 5.74) is 1.69. The third-order valence-electron chi connectivity index (χ3n) is 2.69. The van der Waals surface area contributed by atoms with Crippen molar-refractivity contribution in [3.8, 4) is 0 Å². The molecule has 1 aromatic heterocycles. The Morgan fingerprint density at radius 3 is 3.00 bits per heavy atom. The van der Waals surface area contributed by atoms with Gasteiger partial charge in [0.15, 0.2) is 4.77 Å². The number of aryl methyl sites for hydroxylation is 1. The number of fused-ring (bicyclic) bond motifs is 1. The second-order valence-electron chi connectivity index (χ2n) is 3.92. The van der Waals surface area contributed by atoms with Crippen molar-refractivity contribution >= 4 is 45.8 Å². The standard InChI is InChI=1S/C12H14FIN2OS/c1-2-17-5-3-4-16-11-6-8(13)9(14)7-10(11)15-12(16)18/h6-7H,2-5H2,1H3,(H,15,18).